The molecule has 2 unspecified atom stereocenters. The average Bonchev–Trinajstić information content (AvgIpc) is 3.15. The normalized spacial score (nSPS) is 22.3. The Labute approximate surface area is 187 Å². The van der Waals surface area contributed by atoms with E-state index in [9.17, 15) is 9.90 Å². The first-order valence-corrected chi connectivity index (χ1v) is 11.6. The van der Waals surface area contributed by atoms with Crippen LogP contribution in [0.15, 0.2) is 42.5 Å². The monoisotopic (exact) mass is 428 g/mol. The minimum absolute atomic E-state index is 0.153. The molecule has 2 fully saturated rings. The zero-order chi connectivity index (χ0) is 21.8. The topological polar surface area (TPSA) is 68.7 Å². The highest BCUT2D eigenvalue weighted by atomic mass is 16.4. The molecule has 3 aliphatic rings. The van der Waals surface area contributed by atoms with Crippen molar-refractivity contribution >= 4 is 28.1 Å². The molecule has 2 N–H and O–H groups in total. The quantitative estimate of drug-likeness (QED) is 0.662. The van der Waals surface area contributed by atoms with Crippen LogP contribution in [-0.4, -0.2) is 47.8 Å². The lowest BCUT2D eigenvalue weighted by molar-refractivity contribution is 0.0690. The highest BCUT2D eigenvalue weighted by Gasteiger charge is 2.34. The van der Waals surface area contributed by atoms with Gasteiger partial charge in [-0.2, -0.15) is 0 Å². The van der Waals surface area contributed by atoms with Crippen molar-refractivity contribution in [3.05, 3.63) is 65.0 Å². The van der Waals surface area contributed by atoms with Crippen LogP contribution >= 0.6 is 0 Å². The third-order valence-corrected chi connectivity index (χ3v) is 7.37. The molecule has 2 bridgehead atoms. The van der Waals surface area contributed by atoms with E-state index in [1.54, 1.807) is 0 Å². The van der Waals surface area contributed by atoms with Crippen molar-refractivity contribution in [3.63, 3.8) is 0 Å². The maximum Gasteiger partial charge on any atom is 0.354 e. The number of rotatable bonds is 3. The number of aryl methyl sites for hydroxylation is 1. The smallest absolute Gasteiger partial charge is 0.354 e. The highest BCUT2D eigenvalue weighted by molar-refractivity contribution is 5.97. The highest BCUT2D eigenvalue weighted by Crippen LogP contribution is 2.36. The second-order valence-electron chi connectivity index (χ2n) is 9.42. The van der Waals surface area contributed by atoms with Gasteiger partial charge in [0.1, 0.15) is 0 Å². The molecule has 0 saturated carbocycles. The maximum atomic E-state index is 11.9. The molecular weight excluding hydrogens is 400 g/mol. The molecule has 0 amide bonds. The molecule has 32 heavy (non-hydrogen) atoms. The number of benzene rings is 2. The van der Waals surface area contributed by atoms with Crippen LogP contribution in [0.4, 0.5) is 11.4 Å². The van der Waals surface area contributed by atoms with E-state index in [-0.39, 0.29) is 5.69 Å². The Balaban J connectivity index is 1.41. The summed E-state index contributed by atoms with van der Waals surface area (Å²) in [6.45, 7) is 5.58. The number of anilines is 2. The van der Waals surface area contributed by atoms with Gasteiger partial charge in [-0.25, -0.2) is 9.78 Å². The number of carboxylic acid groups (broad SMARTS) is 1. The number of nitrogens with one attached hydrogen (secondary N) is 1. The predicted octanol–water partition coefficient (Wildman–Crippen LogP) is 3.74. The molecule has 2 atom stereocenters. The molecule has 3 aromatic rings. The van der Waals surface area contributed by atoms with Gasteiger partial charge in [0, 0.05) is 54.0 Å². The van der Waals surface area contributed by atoms with Gasteiger partial charge in [-0.3, -0.25) is 0 Å². The number of aromatic nitrogens is 1. The molecule has 0 radical (unpaired) electrons. The second kappa shape index (κ2) is 7.48. The Hall–Kier alpha value is -3.12. The van der Waals surface area contributed by atoms with Gasteiger partial charge in [-0.15, -0.1) is 0 Å². The first kappa shape index (κ1) is 19.6. The number of carbonyl (C=O) groups is 1. The Bertz CT molecular complexity index is 1210. The summed E-state index contributed by atoms with van der Waals surface area (Å²) in [7, 11) is 0. The van der Waals surface area contributed by atoms with Crippen LogP contribution in [0.25, 0.3) is 10.8 Å². The van der Waals surface area contributed by atoms with E-state index in [1.807, 2.05) is 6.07 Å². The first-order valence-electron chi connectivity index (χ1n) is 11.6. The Kier molecular flexibility index (Phi) is 4.57. The zero-order valence-corrected chi connectivity index (χ0v) is 18.3. The summed E-state index contributed by atoms with van der Waals surface area (Å²) in [5, 5.41) is 16.0. The molecule has 164 valence electrons. The lowest BCUT2D eigenvalue weighted by Gasteiger charge is -2.38. The molecule has 3 aliphatic heterocycles. The van der Waals surface area contributed by atoms with Crippen molar-refractivity contribution in [2.24, 2.45) is 0 Å². The molecule has 2 aromatic carbocycles. The standard InChI is InChI=1S/C26H28N4O2/c1-16-4-2-5-17-6-3-7-23(25(16)17)29-11-10-20-22(15-29)28-21(26(31)32)12-24(20)30-13-18-8-9-19(14-30)27-18/h2-7,12,18-19,27H,8-11,13-15H2,1H3,(H,31,32). The summed E-state index contributed by atoms with van der Waals surface area (Å²) in [5.74, 6) is -0.953. The molecule has 4 heterocycles. The molecule has 6 heteroatoms. The third-order valence-electron chi connectivity index (χ3n) is 7.37. The van der Waals surface area contributed by atoms with Crippen molar-refractivity contribution in [1.29, 1.82) is 0 Å². The van der Waals surface area contributed by atoms with Crippen LogP contribution in [0.3, 0.4) is 0 Å². The van der Waals surface area contributed by atoms with Gasteiger partial charge in [0.2, 0.25) is 0 Å². The number of hydrogen-bond donors (Lipinski definition) is 2. The largest absolute Gasteiger partial charge is 0.477 e. The SMILES string of the molecule is Cc1cccc2cccc(N3CCc4c(N5CC6CCC(C5)N6)cc(C(=O)O)nc4C3)c12. The molecular formula is C26H28N4O2. The summed E-state index contributed by atoms with van der Waals surface area (Å²) < 4.78 is 0. The number of fused-ring (bicyclic) bond motifs is 4. The number of pyridine rings is 1. The van der Waals surface area contributed by atoms with Crippen LogP contribution in [0, 0.1) is 6.92 Å². The molecule has 6 nitrogen and oxygen atoms in total. The fourth-order valence-electron chi connectivity index (χ4n) is 5.88. The second-order valence-corrected chi connectivity index (χ2v) is 9.42. The summed E-state index contributed by atoms with van der Waals surface area (Å²) in [6, 6.07) is 15.7. The molecule has 1 aromatic heterocycles. The van der Waals surface area contributed by atoms with Crippen LogP contribution in [0.2, 0.25) is 0 Å². The van der Waals surface area contributed by atoms with Gasteiger partial charge in [-0.1, -0.05) is 30.3 Å². The fraction of sp³-hybridized carbons (Fsp3) is 0.385. The summed E-state index contributed by atoms with van der Waals surface area (Å²) >= 11 is 0. The number of piperazine rings is 1. The zero-order valence-electron chi connectivity index (χ0n) is 18.3. The van der Waals surface area contributed by atoms with Crippen molar-refractivity contribution in [3.8, 4) is 0 Å². The molecule has 2 saturated heterocycles. The number of carboxylic acids is 1. The lowest BCUT2D eigenvalue weighted by Crippen LogP contribution is -2.51. The average molecular weight is 429 g/mol. The number of hydrogen-bond acceptors (Lipinski definition) is 5. The summed E-state index contributed by atoms with van der Waals surface area (Å²) in [5.41, 5.74) is 5.83. The fourth-order valence-corrected chi connectivity index (χ4v) is 5.88. The van der Waals surface area contributed by atoms with E-state index < -0.39 is 5.97 Å². The number of nitrogens with zero attached hydrogens (tertiary/aromatic N) is 3. The maximum absolute atomic E-state index is 11.9. The first-order chi connectivity index (χ1) is 15.6. The minimum Gasteiger partial charge on any atom is -0.477 e. The lowest BCUT2D eigenvalue weighted by atomic mass is 9.97. The summed E-state index contributed by atoms with van der Waals surface area (Å²) in [4.78, 5) is 21.3. The van der Waals surface area contributed by atoms with Gasteiger partial charge in [0.15, 0.2) is 5.69 Å². The van der Waals surface area contributed by atoms with E-state index in [4.69, 9.17) is 0 Å². The van der Waals surface area contributed by atoms with E-state index in [2.05, 4.69) is 63.4 Å². The van der Waals surface area contributed by atoms with E-state index in [0.29, 0.717) is 18.6 Å². The molecule has 0 spiro atoms. The third kappa shape index (κ3) is 3.21. The Morgan fingerprint density at radius 2 is 1.81 bits per heavy atom. The van der Waals surface area contributed by atoms with Gasteiger partial charge in [0.25, 0.3) is 0 Å². The van der Waals surface area contributed by atoms with Gasteiger partial charge in [0.05, 0.1) is 12.2 Å². The van der Waals surface area contributed by atoms with E-state index in [0.717, 1.165) is 37.4 Å². The van der Waals surface area contributed by atoms with Crippen molar-refractivity contribution in [2.75, 3.05) is 29.4 Å². The van der Waals surface area contributed by atoms with Crippen molar-refractivity contribution in [1.82, 2.24) is 10.3 Å². The number of aromatic carboxylic acids is 1. The van der Waals surface area contributed by atoms with Gasteiger partial charge in [-0.05, 0) is 49.3 Å². The van der Waals surface area contributed by atoms with Crippen LogP contribution in [0.5, 0.6) is 0 Å². The van der Waals surface area contributed by atoms with Crippen molar-refractivity contribution in [2.45, 2.75) is 44.8 Å². The van der Waals surface area contributed by atoms with Crippen molar-refractivity contribution < 1.29 is 9.90 Å². The molecule has 6 rings (SSSR count). The van der Waals surface area contributed by atoms with Crippen LogP contribution in [0.1, 0.15) is 40.2 Å². The van der Waals surface area contributed by atoms with E-state index >= 15 is 0 Å². The van der Waals surface area contributed by atoms with Crippen LogP contribution < -0.4 is 15.1 Å². The minimum atomic E-state index is -0.953. The predicted molar refractivity (Wildman–Crippen MR) is 127 cm³/mol. The van der Waals surface area contributed by atoms with E-state index in [1.165, 1.54) is 40.4 Å². The van der Waals surface area contributed by atoms with Gasteiger partial charge < -0.3 is 20.2 Å². The van der Waals surface area contributed by atoms with Gasteiger partial charge >= 0.3 is 5.97 Å². The Morgan fingerprint density at radius 1 is 1.06 bits per heavy atom. The molecule has 0 aliphatic carbocycles. The summed E-state index contributed by atoms with van der Waals surface area (Å²) in [6.07, 6.45) is 3.28. The Morgan fingerprint density at radius 3 is 2.56 bits per heavy atom. The van der Waals surface area contributed by atoms with Crippen LogP contribution in [-0.2, 0) is 13.0 Å².